The summed E-state index contributed by atoms with van der Waals surface area (Å²) in [6.45, 7) is 2.08. The van der Waals surface area contributed by atoms with Crippen LogP contribution in [0.2, 0.25) is 0 Å². The molecule has 2 heterocycles. The third-order valence-electron chi connectivity index (χ3n) is 2.30. The Morgan fingerprint density at radius 3 is 2.87 bits per heavy atom. The van der Waals surface area contributed by atoms with Crippen molar-refractivity contribution in [1.82, 2.24) is 9.97 Å². The van der Waals surface area contributed by atoms with Gasteiger partial charge in [-0.15, -0.1) is 0 Å². The molecule has 0 unspecified atom stereocenters. The van der Waals surface area contributed by atoms with Crippen molar-refractivity contribution in [3.8, 4) is 11.1 Å². The number of nitrogens with zero attached hydrogens (tertiary/aromatic N) is 2. The molecule has 0 aliphatic heterocycles. The van der Waals surface area contributed by atoms with E-state index in [1.54, 1.807) is 12.4 Å². The molecule has 2 rings (SSSR count). The van der Waals surface area contributed by atoms with E-state index >= 15 is 0 Å². The molecular weight excluding hydrogens is 186 g/mol. The van der Waals surface area contributed by atoms with Crippen LogP contribution in [0.5, 0.6) is 0 Å². The zero-order valence-electron chi connectivity index (χ0n) is 8.64. The van der Waals surface area contributed by atoms with Gasteiger partial charge >= 0.3 is 0 Å². The minimum absolute atomic E-state index is 0.686. The molecular formula is C12H13N3. The average Bonchev–Trinajstić information content (AvgIpc) is 2.30. The smallest absolute Gasteiger partial charge is 0.0507 e. The van der Waals surface area contributed by atoms with Gasteiger partial charge in [0.05, 0.1) is 11.9 Å². The quantitative estimate of drug-likeness (QED) is 0.807. The zero-order valence-corrected chi connectivity index (χ0v) is 8.64. The summed E-state index contributed by atoms with van der Waals surface area (Å²) in [6.07, 6.45) is 6.17. The van der Waals surface area contributed by atoms with Crippen LogP contribution in [0, 0.1) is 0 Å². The fourth-order valence-electron chi connectivity index (χ4n) is 1.56. The first-order valence-corrected chi connectivity index (χ1v) is 4.96. The number of hydrogen-bond donors (Lipinski definition) is 1. The largest absolute Gasteiger partial charge is 0.397 e. The molecule has 0 saturated heterocycles. The maximum atomic E-state index is 5.74. The summed E-state index contributed by atoms with van der Waals surface area (Å²) in [7, 11) is 0. The zero-order chi connectivity index (χ0) is 10.7. The summed E-state index contributed by atoms with van der Waals surface area (Å²) in [5.74, 6) is 0. The number of pyridine rings is 2. The van der Waals surface area contributed by atoms with Gasteiger partial charge in [0.15, 0.2) is 0 Å². The van der Waals surface area contributed by atoms with Crippen molar-refractivity contribution in [2.24, 2.45) is 0 Å². The number of anilines is 1. The summed E-state index contributed by atoms with van der Waals surface area (Å²) in [5, 5.41) is 0. The Balaban J connectivity index is 2.56. The number of aryl methyl sites for hydroxylation is 1. The van der Waals surface area contributed by atoms with Crippen LogP contribution in [0.1, 0.15) is 12.6 Å². The number of aromatic nitrogens is 2. The third kappa shape index (κ3) is 1.96. The minimum atomic E-state index is 0.686. The molecule has 0 bridgehead atoms. The first kappa shape index (κ1) is 9.65. The van der Waals surface area contributed by atoms with Gasteiger partial charge in [-0.1, -0.05) is 13.0 Å². The lowest BCUT2D eigenvalue weighted by atomic mass is 10.0. The number of nitrogen functional groups attached to an aromatic ring is 1. The van der Waals surface area contributed by atoms with E-state index < -0.39 is 0 Å². The van der Waals surface area contributed by atoms with Gasteiger partial charge in [0.25, 0.3) is 0 Å². The van der Waals surface area contributed by atoms with Gasteiger partial charge in [-0.2, -0.15) is 0 Å². The van der Waals surface area contributed by atoms with Crippen LogP contribution in [0.4, 0.5) is 5.69 Å². The van der Waals surface area contributed by atoms with Crippen LogP contribution in [0.25, 0.3) is 11.1 Å². The summed E-state index contributed by atoms with van der Waals surface area (Å²) < 4.78 is 0. The molecule has 2 N–H and O–H groups in total. The van der Waals surface area contributed by atoms with Crippen LogP contribution in [-0.2, 0) is 6.42 Å². The van der Waals surface area contributed by atoms with Gasteiger partial charge in [0.2, 0.25) is 0 Å². The molecule has 76 valence electrons. The highest BCUT2D eigenvalue weighted by atomic mass is 14.7. The van der Waals surface area contributed by atoms with E-state index in [4.69, 9.17) is 5.73 Å². The SMILES string of the molecule is CCc1ncc(N)cc1-c1cccnc1. The Morgan fingerprint density at radius 1 is 1.33 bits per heavy atom. The molecule has 0 atom stereocenters. The second-order valence-corrected chi connectivity index (χ2v) is 3.36. The lowest BCUT2D eigenvalue weighted by molar-refractivity contribution is 1.04. The predicted molar refractivity (Wildman–Crippen MR) is 61.3 cm³/mol. The molecule has 0 aliphatic rings. The molecule has 3 heteroatoms. The highest BCUT2D eigenvalue weighted by Crippen LogP contribution is 2.23. The summed E-state index contributed by atoms with van der Waals surface area (Å²) >= 11 is 0. The summed E-state index contributed by atoms with van der Waals surface area (Å²) in [5.41, 5.74) is 9.61. The summed E-state index contributed by atoms with van der Waals surface area (Å²) in [4.78, 5) is 8.42. The number of hydrogen-bond acceptors (Lipinski definition) is 3. The first-order chi connectivity index (χ1) is 7.31. The second kappa shape index (κ2) is 4.09. The Bertz CT molecular complexity index is 452. The molecule has 0 fully saturated rings. The first-order valence-electron chi connectivity index (χ1n) is 4.96. The van der Waals surface area contributed by atoms with Crippen LogP contribution in [0.3, 0.4) is 0 Å². The molecule has 2 aromatic rings. The van der Waals surface area contributed by atoms with Crippen molar-refractivity contribution in [2.75, 3.05) is 5.73 Å². The molecule has 15 heavy (non-hydrogen) atoms. The van der Waals surface area contributed by atoms with Crippen LogP contribution < -0.4 is 5.73 Å². The normalized spacial score (nSPS) is 10.2. The maximum Gasteiger partial charge on any atom is 0.0507 e. The fraction of sp³-hybridized carbons (Fsp3) is 0.167. The van der Waals surface area contributed by atoms with Gasteiger partial charge in [-0.3, -0.25) is 9.97 Å². The van der Waals surface area contributed by atoms with Crippen molar-refractivity contribution >= 4 is 5.69 Å². The van der Waals surface area contributed by atoms with Crippen LogP contribution in [0.15, 0.2) is 36.8 Å². The van der Waals surface area contributed by atoms with E-state index in [2.05, 4.69) is 16.9 Å². The maximum absolute atomic E-state index is 5.74. The van der Waals surface area contributed by atoms with Crippen LogP contribution in [-0.4, -0.2) is 9.97 Å². The molecule has 0 radical (unpaired) electrons. The Morgan fingerprint density at radius 2 is 2.20 bits per heavy atom. The Kier molecular flexibility index (Phi) is 2.63. The van der Waals surface area contributed by atoms with Gasteiger partial charge < -0.3 is 5.73 Å². The standard InChI is InChI=1S/C12H13N3/c1-2-12-11(6-10(13)8-15-12)9-4-3-5-14-7-9/h3-8H,2,13H2,1H3. The van der Waals surface area contributed by atoms with Gasteiger partial charge in [0, 0.05) is 29.2 Å². The molecule has 3 nitrogen and oxygen atoms in total. The van der Waals surface area contributed by atoms with Crippen molar-refractivity contribution in [1.29, 1.82) is 0 Å². The van der Waals surface area contributed by atoms with Crippen molar-refractivity contribution in [2.45, 2.75) is 13.3 Å². The van der Waals surface area contributed by atoms with E-state index in [9.17, 15) is 0 Å². The van der Waals surface area contributed by atoms with Crippen LogP contribution >= 0.6 is 0 Å². The van der Waals surface area contributed by atoms with Crippen molar-refractivity contribution in [3.63, 3.8) is 0 Å². The van der Waals surface area contributed by atoms with E-state index in [0.29, 0.717) is 5.69 Å². The van der Waals surface area contributed by atoms with Crippen molar-refractivity contribution < 1.29 is 0 Å². The highest BCUT2D eigenvalue weighted by molar-refractivity contribution is 5.68. The van der Waals surface area contributed by atoms with Gasteiger partial charge in [-0.05, 0) is 18.6 Å². The Hall–Kier alpha value is -1.90. The second-order valence-electron chi connectivity index (χ2n) is 3.36. The number of rotatable bonds is 2. The molecule has 2 aromatic heterocycles. The third-order valence-corrected chi connectivity index (χ3v) is 2.30. The monoisotopic (exact) mass is 199 g/mol. The molecule has 0 aromatic carbocycles. The highest BCUT2D eigenvalue weighted by Gasteiger charge is 2.05. The molecule has 0 amide bonds. The topological polar surface area (TPSA) is 51.8 Å². The van der Waals surface area contributed by atoms with E-state index in [0.717, 1.165) is 23.2 Å². The van der Waals surface area contributed by atoms with Crippen molar-refractivity contribution in [3.05, 3.63) is 42.5 Å². The van der Waals surface area contributed by atoms with Gasteiger partial charge in [0.1, 0.15) is 0 Å². The lowest BCUT2D eigenvalue weighted by Gasteiger charge is -2.07. The molecule has 0 aliphatic carbocycles. The summed E-state index contributed by atoms with van der Waals surface area (Å²) in [6, 6.07) is 5.88. The van der Waals surface area contributed by atoms with E-state index in [1.807, 2.05) is 24.4 Å². The molecule has 0 saturated carbocycles. The lowest BCUT2D eigenvalue weighted by Crippen LogP contribution is -1.95. The fourth-order valence-corrected chi connectivity index (χ4v) is 1.56. The predicted octanol–water partition coefficient (Wildman–Crippen LogP) is 2.29. The average molecular weight is 199 g/mol. The van der Waals surface area contributed by atoms with E-state index in [1.165, 1.54) is 0 Å². The Labute approximate surface area is 89.0 Å². The van der Waals surface area contributed by atoms with Gasteiger partial charge in [-0.25, -0.2) is 0 Å². The number of nitrogens with two attached hydrogens (primary N) is 1. The van der Waals surface area contributed by atoms with E-state index in [-0.39, 0.29) is 0 Å². The minimum Gasteiger partial charge on any atom is -0.397 e. The molecule has 0 spiro atoms.